The molecule has 1 atom stereocenters. The van der Waals surface area contributed by atoms with E-state index in [4.69, 9.17) is 4.74 Å². The lowest BCUT2D eigenvalue weighted by atomic mass is 10.0. The smallest absolute Gasteiger partial charge is 0.234 e. The molecular formula is C23H30N2O2. The maximum Gasteiger partial charge on any atom is 0.234 e. The molecule has 1 fully saturated rings. The van der Waals surface area contributed by atoms with E-state index >= 15 is 0 Å². The van der Waals surface area contributed by atoms with Gasteiger partial charge < -0.3 is 10.1 Å². The van der Waals surface area contributed by atoms with Crippen LogP contribution >= 0.6 is 0 Å². The predicted molar refractivity (Wildman–Crippen MR) is 109 cm³/mol. The first-order valence-electron chi connectivity index (χ1n) is 9.89. The monoisotopic (exact) mass is 366 g/mol. The molecule has 0 aromatic heterocycles. The summed E-state index contributed by atoms with van der Waals surface area (Å²) in [5.41, 5.74) is 2.41. The van der Waals surface area contributed by atoms with Gasteiger partial charge in [0.15, 0.2) is 0 Å². The minimum atomic E-state index is 0.101. The molecule has 0 saturated heterocycles. The van der Waals surface area contributed by atoms with E-state index in [2.05, 4.69) is 41.4 Å². The first kappa shape index (κ1) is 19.4. The van der Waals surface area contributed by atoms with Crippen molar-refractivity contribution in [1.29, 1.82) is 0 Å². The fourth-order valence-electron chi connectivity index (χ4n) is 3.51. The molecule has 4 nitrogen and oxygen atoms in total. The van der Waals surface area contributed by atoms with Gasteiger partial charge in [-0.05, 0) is 55.0 Å². The van der Waals surface area contributed by atoms with Crippen molar-refractivity contribution < 1.29 is 9.53 Å². The Labute approximate surface area is 162 Å². The molecule has 1 aliphatic rings. The highest BCUT2D eigenvalue weighted by atomic mass is 16.5. The average Bonchev–Trinajstić information content (AvgIpc) is 3.52. The molecule has 0 radical (unpaired) electrons. The van der Waals surface area contributed by atoms with Crippen LogP contribution in [-0.2, 0) is 11.3 Å². The second kappa shape index (κ2) is 9.56. The average molecular weight is 367 g/mol. The quantitative estimate of drug-likeness (QED) is 0.686. The second-order valence-corrected chi connectivity index (χ2v) is 7.35. The molecule has 2 aromatic carbocycles. The van der Waals surface area contributed by atoms with Crippen LogP contribution in [0.2, 0.25) is 0 Å². The molecule has 1 N–H and O–H groups in total. The van der Waals surface area contributed by atoms with Gasteiger partial charge in [0.05, 0.1) is 19.7 Å². The summed E-state index contributed by atoms with van der Waals surface area (Å²) in [4.78, 5) is 15.0. The van der Waals surface area contributed by atoms with Crippen molar-refractivity contribution in [3.63, 3.8) is 0 Å². The number of carbonyl (C=O) groups excluding carboxylic acids is 1. The second-order valence-electron chi connectivity index (χ2n) is 7.35. The van der Waals surface area contributed by atoms with Gasteiger partial charge in [0.2, 0.25) is 5.91 Å². The maximum atomic E-state index is 12.8. The minimum absolute atomic E-state index is 0.101. The van der Waals surface area contributed by atoms with Crippen molar-refractivity contribution in [2.24, 2.45) is 5.92 Å². The van der Waals surface area contributed by atoms with Crippen molar-refractivity contribution in [3.05, 3.63) is 65.7 Å². The lowest BCUT2D eigenvalue weighted by Crippen LogP contribution is -2.39. The Morgan fingerprint density at radius 1 is 1.15 bits per heavy atom. The molecule has 1 saturated carbocycles. The van der Waals surface area contributed by atoms with E-state index in [-0.39, 0.29) is 11.9 Å². The summed E-state index contributed by atoms with van der Waals surface area (Å²) in [7, 11) is 1.67. The van der Waals surface area contributed by atoms with Crippen LogP contribution in [0.4, 0.5) is 0 Å². The van der Waals surface area contributed by atoms with Gasteiger partial charge >= 0.3 is 0 Å². The number of ether oxygens (including phenoxy) is 1. The standard InChI is InChI=1S/C23H30N2O2/c1-3-15-25(16-18-7-5-4-6-8-18)17-22(26)24-23(19-9-10-19)20-11-13-21(27-2)14-12-20/h4-8,11-14,19,23H,3,9-10,15-17H2,1-2H3,(H,24,26). The summed E-state index contributed by atoms with van der Waals surface area (Å²) in [6.07, 6.45) is 3.39. The number of amides is 1. The maximum absolute atomic E-state index is 12.8. The summed E-state index contributed by atoms with van der Waals surface area (Å²) in [6.45, 7) is 4.31. The molecule has 144 valence electrons. The Morgan fingerprint density at radius 2 is 1.85 bits per heavy atom. The van der Waals surface area contributed by atoms with Crippen molar-refractivity contribution in [2.75, 3.05) is 20.2 Å². The van der Waals surface area contributed by atoms with Crippen LogP contribution in [0.1, 0.15) is 43.4 Å². The van der Waals surface area contributed by atoms with E-state index in [0.29, 0.717) is 12.5 Å². The number of hydrogen-bond donors (Lipinski definition) is 1. The van der Waals surface area contributed by atoms with Gasteiger partial charge in [-0.1, -0.05) is 49.4 Å². The van der Waals surface area contributed by atoms with E-state index in [1.54, 1.807) is 7.11 Å². The summed E-state index contributed by atoms with van der Waals surface area (Å²) < 4.78 is 5.25. The highest BCUT2D eigenvalue weighted by molar-refractivity contribution is 5.78. The zero-order chi connectivity index (χ0) is 19.1. The minimum Gasteiger partial charge on any atom is -0.497 e. The molecule has 3 rings (SSSR count). The van der Waals surface area contributed by atoms with Crippen molar-refractivity contribution >= 4 is 5.91 Å². The highest BCUT2D eigenvalue weighted by Crippen LogP contribution is 2.41. The first-order chi connectivity index (χ1) is 13.2. The number of hydrogen-bond acceptors (Lipinski definition) is 3. The molecule has 4 heteroatoms. The number of benzene rings is 2. The third-order valence-corrected chi connectivity index (χ3v) is 5.04. The van der Waals surface area contributed by atoms with Crippen LogP contribution < -0.4 is 10.1 Å². The number of nitrogens with zero attached hydrogens (tertiary/aromatic N) is 1. The summed E-state index contributed by atoms with van der Waals surface area (Å²) in [6, 6.07) is 18.5. The van der Waals surface area contributed by atoms with Gasteiger partial charge in [-0.3, -0.25) is 9.69 Å². The van der Waals surface area contributed by atoms with Crippen LogP contribution in [0.3, 0.4) is 0 Å². The number of carbonyl (C=O) groups is 1. The van der Waals surface area contributed by atoms with E-state index in [9.17, 15) is 4.79 Å². The number of methoxy groups -OCH3 is 1. The van der Waals surface area contributed by atoms with Gasteiger partial charge in [0.1, 0.15) is 5.75 Å². The van der Waals surface area contributed by atoms with Crippen LogP contribution in [0, 0.1) is 5.92 Å². The van der Waals surface area contributed by atoms with Crippen LogP contribution in [0.5, 0.6) is 5.75 Å². The third-order valence-electron chi connectivity index (χ3n) is 5.04. The molecule has 27 heavy (non-hydrogen) atoms. The Balaban J connectivity index is 1.61. The van der Waals surface area contributed by atoms with E-state index in [1.165, 1.54) is 18.4 Å². The fraction of sp³-hybridized carbons (Fsp3) is 0.435. The molecule has 0 aliphatic heterocycles. The predicted octanol–water partition coefficient (Wildman–Crippen LogP) is 4.17. The molecule has 0 spiro atoms. The zero-order valence-corrected chi connectivity index (χ0v) is 16.4. The van der Waals surface area contributed by atoms with Gasteiger partial charge in [-0.2, -0.15) is 0 Å². The highest BCUT2D eigenvalue weighted by Gasteiger charge is 2.33. The van der Waals surface area contributed by atoms with Crippen LogP contribution in [-0.4, -0.2) is 31.0 Å². The van der Waals surface area contributed by atoms with E-state index in [0.717, 1.165) is 30.8 Å². The lowest BCUT2D eigenvalue weighted by molar-refractivity contribution is -0.123. The largest absolute Gasteiger partial charge is 0.497 e. The number of rotatable bonds is 10. The lowest BCUT2D eigenvalue weighted by Gasteiger charge is -2.24. The molecule has 2 aromatic rings. The summed E-state index contributed by atoms with van der Waals surface area (Å²) >= 11 is 0. The number of nitrogens with one attached hydrogen (secondary N) is 1. The molecule has 1 amide bonds. The van der Waals surface area contributed by atoms with E-state index in [1.807, 2.05) is 30.3 Å². The molecule has 0 bridgehead atoms. The third kappa shape index (κ3) is 5.83. The SMILES string of the molecule is CCCN(CC(=O)NC(c1ccc(OC)cc1)C1CC1)Cc1ccccc1. The van der Waals surface area contributed by atoms with Gasteiger partial charge in [0, 0.05) is 6.54 Å². The summed E-state index contributed by atoms with van der Waals surface area (Å²) in [5.74, 6) is 1.50. The normalized spacial score (nSPS) is 14.8. The van der Waals surface area contributed by atoms with Gasteiger partial charge in [0.25, 0.3) is 0 Å². The van der Waals surface area contributed by atoms with Crippen molar-refractivity contribution in [2.45, 2.75) is 38.8 Å². The Morgan fingerprint density at radius 3 is 2.44 bits per heavy atom. The Bertz CT molecular complexity index is 711. The Kier molecular flexibility index (Phi) is 6.88. The fourth-order valence-corrected chi connectivity index (χ4v) is 3.51. The Hall–Kier alpha value is -2.33. The molecule has 1 aliphatic carbocycles. The summed E-state index contributed by atoms with van der Waals surface area (Å²) in [5, 5.41) is 3.29. The van der Waals surface area contributed by atoms with E-state index < -0.39 is 0 Å². The van der Waals surface area contributed by atoms with Crippen molar-refractivity contribution in [1.82, 2.24) is 10.2 Å². The first-order valence-corrected chi connectivity index (χ1v) is 9.89. The zero-order valence-electron chi connectivity index (χ0n) is 16.4. The molecule has 0 heterocycles. The molecule has 1 unspecified atom stereocenters. The van der Waals surface area contributed by atoms with Crippen molar-refractivity contribution in [3.8, 4) is 5.75 Å². The van der Waals surface area contributed by atoms with Gasteiger partial charge in [-0.15, -0.1) is 0 Å². The van der Waals surface area contributed by atoms with Gasteiger partial charge in [-0.25, -0.2) is 0 Å². The molecular weight excluding hydrogens is 336 g/mol. The van der Waals surface area contributed by atoms with Crippen LogP contribution in [0.25, 0.3) is 0 Å². The van der Waals surface area contributed by atoms with Crippen LogP contribution in [0.15, 0.2) is 54.6 Å². The topological polar surface area (TPSA) is 41.6 Å².